The van der Waals surface area contributed by atoms with Gasteiger partial charge in [-0.05, 0) is 37.1 Å². The number of hydrogen-bond donors (Lipinski definition) is 1. The van der Waals surface area contributed by atoms with E-state index in [2.05, 4.69) is 5.32 Å². The molecular formula is C17H23N3O3. The maximum Gasteiger partial charge on any atom is 0.240 e. The number of anilines is 2. The van der Waals surface area contributed by atoms with E-state index in [4.69, 9.17) is 4.74 Å². The summed E-state index contributed by atoms with van der Waals surface area (Å²) in [4.78, 5) is 29.0. The third kappa shape index (κ3) is 3.17. The highest BCUT2D eigenvalue weighted by Crippen LogP contribution is 2.48. The second-order valence-electron chi connectivity index (χ2n) is 6.38. The SMILES string of the molecule is CN(C)c1ccc(NC(=O)C2(C(=O)N3CCOCC3)CC2)cc1. The lowest BCUT2D eigenvalue weighted by Crippen LogP contribution is -2.47. The Kier molecular flexibility index (Phi) is 4.26. The Morgan fingerprint density at radius 2 is 1.74 bits per heavy atom. The summed E-state index contributed by atoms with van der Waals surface area (Å²) in [6, 6.07) is 7.61. The predicted octanol–water partition coefficient (Wildman–Crippen LogP) is 1.33. The van der Waals surface area contributed by atoms with Crippen LogP contribution < -0.4 is 10.2 Å². The van der Waals surface area contributed by atoms with Crippen LogP contribution in [0.25, 0.3) is 0 Å². The molecule has 1 heterocycles. The van der Waals surface area contributed by atoms with Crippen molar-refractivity contribution in [1.29, 1.82) is 0 Å². The third-order valence-corrected chi connectivity index (χ3v) is 4.53. The summed E-state index contributed by atoms with van der Waals surface area (Å²) in [7, 11) is 3.93. The number of ether oxygens (including phenoxy) is 1. The van der Waals surface area contributed by atoms with Crippen LogP contribution in [-0.2, 0) is 14.3 Å². The molecule has 1 aromatic rings. The molecule has 6 heteroatoms. The van der Waals surface area contributed by atoms with Crippen LogP contribution in [0.3, 0.4) is 0 Å². The summed E-state index contributed by atoms with van der Waals surface area (Å²) < 4.78 is 5.27. The molecule has 2 amide bonds. The molecule has 0 bridgehead atoms. The molecule has 1 saturated heterocycles. The molecule has 124 valence electrons. The first-order valence-corrected chi connectivity index (χ1v) is 7.99. The van der Waals surface area contributed by atoms with Crippen molar-refractivity contribution in [1.82, 2.24) is 4.90 Å². The van der Waals surface area contributed by atoms with E-state index in [1.807, 2.05) is 43.3 Å². The zero-order valence-electron chi connectivity index (χ0n) is 13.7. The smallest absolute Gasteiger partial charge is 0.240 e. The molecule has 1 aliphatic carbocycles. The highest BCUT2D eigenvalue weighted by molar-refractivity contribution is 6.13. The summed E-state index contributed by atoms with van der Waals surface area (Å²) in [6.45, 7) is 2.25. The maximum atomic E-state index is 12.7. The van der Waals surface area contributed by atoms with Crippen molar-refractivity contribution in [2.75, 3.05) is 50.6 Å². The lowest BCUT2D eigenvalue weighted by atomic mass is 10.0. The second-order valence-corrected chi connectivity index (χ2v) is 6.38. The molecule has 2 fully saturated rings. The number of morpholine rings is 1. The number of carbonyl (C=O) groups excluding carboxylic acids is 2. The van der Waals surface area contributed by atoms with Crippen LogP contribution in [0.4, 0.5) is 11.4 Å². The summed E-state index contributed by atoms with van der Waals surface area (Å²) in [5.74, 6) is -0.241. The molecule has 2 aliphatic rings. The standard InChI is InChI=1S/C17H23N3O3/c1-19(2)14-5-3-13(4-6-14)18-15(21)17(7-8-17)16(22)20-9-11-23-12-10-20/h3-6H,7-12H2,1-2H3,(H,18,21). The van der Waals surface area contributed by atoms with Gasteiger partial charge in [-0.25, -0.2) is 0 Å². The Balaban J connectivity index is 1.66. The minimum absolute atomic E-state index is 0.0526. The van der Waals surface area contributed by atoms with Crippen molar-refractivity contribution in [2.24, 2.45) is 5.41 Å². The fraction of sp³-hybridized carbons (Fsp3) is 0.529. The lowest BCUT2D eigenvalue weighted by molar-refractivity contribution is -0.145. The van der Waals surface area contributed by atoms with Gasteiger partial charge in [-0.2, -0.15) is 0 Å². The van der Waals surface area contributed by atoms with Crippen LogP contribution in [0.5, 0.6) is 0 Å². The molecule has 0 spiro atoms. The fourth-order valence-electron chi connectivity index (χ4n) is 2.83. The minimum atomic E-state index is -0.864. The van der Waals surface area contributed by atoms with Gasteiger partial charge in [-0.15, -0.1) is 0 Å². The van der Waals surface area contributed by atoms with Crippen molar-refractivity contribution in [3.05, 3.63) is 24.3 Å². The van der Waals surface area contributed by atoms with Gasteiger partial charge in [0.05, 0.1) is 13.2 Å². The second kappa shape index (κ2) is 6.20. The number of rotatable bonds is 4. The summed E-state index contributed by atoms with van der Waals surface area (Å²) in [6.07, 6.45) is 1.26. The molecule has 1 saturated carbocycles. The summed E-state index contributed by atoms with van der Waals surface area (Å²) >= 11 is 0. The minimum Gasteiger partial charge on any atom is -0.378 e. The molecule has 6 nitrogen and oxygen atoms in total. The maximum absolute atomic E-state index is 12.7. The molecule has 1 aliphatic heterocycles. The van der Waals surface area contributed by atoms with Crippen molar-refractivity contribution >= 4 is 23.2 Å². The number of benzene rings is 1. The number of carbonyl (C=O) groups is 2. The van der Waals surface area contributed by atoms with Gasteiger partial charge < -0.3 is 19.9 Å². The van der Waals surface area contributed by atoms with Crippen molar-refractivity contribution < 1.29 is 14.3 Å². The third-order valence-electron chi connectivity index (χ3n) is 4.53. The van der Waals surface area contributed by atoms with Crippen LogP contribution in [0, 0.1) is 5.41 Å². The van der Waals surface area contributed by atoms with Crippen LogP contribution in [-0.4, -0.2) is 57.1 Å². The van der Waals surface area contributed by atoms with Crippen LogP contribution in [0.15, 0.2) is 24.3 Å². The van der Waals surface area contributed by atoms with Gasteiger partial charge in [0.1, 0.15) is 5.41 Å². The van der Waals surface area contributed by atoms with Gasteiger partial charge in [-0.1, -0.05) is 0 Å². The van der Waals surface area contributed by atoms with E-state index in [1.165, 1.54) is 0 Å². The normalized spacial score (nSPS) is 19.1. The van der Waals surface area contributed by atoms with E-state index in [-0.39, 0.29) is 11.8 Å². The zero-order valence-corrected chi connectivity index (χ0v) is 13.7. The Morgan fingerprint density at radius 1 is 1.13 bits per heavy atom. The monoisotopic (exact) mass is 317 g/mol. The van der Waals surface area contributed by atoms with Crippen LogP contribution >= 0.6 is 0 Å². The van der Waals surface area contributed by atoms with Gasteiger partial charge in [0.2, 0.25) is 11.8 Å². The molecule has 0 radical (unpaired) electrons. The van der Waals surface area contributed by atoms with Crippen LogP contribution in [0.2, 0.25) is 0 Å². The van der Waals surface area contributed by atoms with E-state index in [0.717, 1.165) is 11.4 Å². The topological polar surface area (TPSA) is 61.9 Å². The largest absolute Gasteiger partial charge is 0.378 e. The predicted molar refractivity (Wildman–Crippen MR) is 88.5 cm³/mol. The molecule has 0 atom stereocenters. The number of hydrogen-bond acceptors (Lipinski definition) is 4. The lowest BCUT2D eigenvalue weighted by Gasteiger charge is -2.30. The van der Waals surface area contributed by atoms with Crippen LogP contribution in [0.1, 0.15) is 12.8 Å². The molecule has 23 heavy (non-hydrogen) atoms. The number of nitrogens with one attached hydrogen (secondary N) is 1. The number of nitrogens with zero attached hydrogens (tertiary/aromatic N) is 2. The first-order chi connectivity index (χ1) is 11.0. The molecule has 0 unspecified atom stereocenters. The highest BCUT2D eigenvalue weighted by Gasteiger charge is 2.58. The quantitative estimate of drug-likeness (QED) is 0.851. The Labute approximate surface area is 136 Å². The average molecular weight is 317 g/mol. The average Bonchev–Trinajstić information content (AvgIpc) is 3.37. The summed E-state index contributed by atoms with van der Waals surface area (Å²) in [5, 5.41) is 2.89. The van der Waals surface area contributed by atoms with Gasteiger partial charge in [0.15, 0.2) is 0 Å². The molecule has 3 rings (SSSR count). The first kappa shape index (κ1) is 15.8. The Bertz CT molecular complexity index is 588. The van der Waals surface area contributed by atoms with Crippen molar-refractivity contribution in [2.45, 2.75) is 12.8 Å². The van der Waals surface area contributed by atoms with E-state index >= 15 is 0 Å². The number of amides is 2. The zero-order chi connectivity index (χ0) is 16.4. The van der Waals surface area contributed by atoms with Crippen molar-refractivity contribution in [3.63, 3.8) is 0 Å². The van der Waals surface area contributed by atoms with E-state index in [9.17, 15) is 9.59 Å². The van der Waals surface area contributed by atoms with E-state index in [1.54, 1.807) is 4.90 Å². The van der Waals surface area contributed by atoms with Gasteiger partial charge >= 0.3 is 0 Å². The summed E-state index contributed by atoms with van der Waals surface area (Å²) in [5.41, 5.74) is 0.924. The Morgan fingerprint density at radius 3 is 2.26 bits per heavy atom. The molecular weight excluding hydrogens is 294 g/mol. The fourth-order valence-corrected chi connectivity index (χ4v) is 2.83. The van der Waals surface area contributed by atoms with E-state index < -0.39 is 5.41 Å². The molecule has 0 aromatic heterocycles. The first-order valence-electron chi connectivity index (χ1n) is 7.99. The molecule has 1 N–H and O–H groups in total. The molecule has 1 aromatic carbocycles. The van der Waals surface area contributed by atoms with Gasteiger partial charge in [-0.3, -0.25) is 9.59 Å². The van der Waals surface area contributed by atoms with Gasteiger partial charge in [0.25, 0.3) is 0 Å². The van der Waals surface area contributed by atoms with Crippen molar-refractivity contribution in [3.8, 4) is 0 Å². The highest BCUT2D eigenvalue weighted by atomic mass is 16.5. The Hall–Kier alpha value is -2.08. The van der Waals surface area contributed by atoms with Gasteiger partial charge in [0, 0.05) is 38.6 Å². The van der Waals surface area contributed by atoms with E-state index in [0.29, 0.717) is 39.1 Å².